The zero-order valence-electron chi connectivity index (χ0n) is 20.3. The Hall–Kier alpha value is -3.99. The molecule has 1 heterocycles. The number of esters is 1. The highest BCUT2D eigenvalue weighted by Crippen LogP contribution is 2.37. The Labute approximate surface area is 211 Å². The molecule has 37 heavy (non-hydrogen) atoms. The smallest absolute Gasteiger partial charge is 0.387 e. The van der Waals surface area contributed by atoms with Crippen LogP contribution in [0.5, 0.6) is 11.5 Å². The average molecular weight is 516 g/mol. The summed E-state index contributed by atoms with van der Waals surface area (Å²) < 4.78 is 46.6. The number of amides is 1. The number of carbonyl (C=O) groups excluding carboxylic acids is 2. The molecular weight excluding hydrogens is 488 g/mol. The zero-order valence-corrected chi connectivity index (χ0v) is 20.3. The molecule has 3 N–H and O–H groups in total. The van der Waals surface area contributed by atoms with Crippen LogP contribution in [0.1, 0.15) is 58.0 Å². The van der Waals surface area contributed by atoms with Crippen molar-refractivity contribution in [3.63, 3.8) is 0 Å². The van der Waals surface area contributed by atoms with Crippen LogP contribution in [0.4, 0.5) is 8.78 Å². The number of halogens is 2. The molecule has 0 radical (unpaired) electrons. The Bertz CT molecular complexity index is 1260. The lowest BCUT2D eigenvalue weighted by Crippen LogP contribution is -2.24. The van der Waals surface area contributed by atoms with E-state index < -0.39 is 18.6 Å². The minimum atomic E-state index is -2.99. The fraction of sp³-hybridized carbons (Fsp3) is 0.346. The number of hydrogen-bond donors (Lipinski definition) is 2. The third kappa shape index (κ3) is 6.62. The van der Waals surface area contributed by atoms with Gasteiger partial charge in [-0.15, -0.1) is 0 Å². The predicted octanol–water partition coefficient (Wildman–Crippen LogP) is 4.47. The molecule has 1 aliphatic carbocycles. The highest BCUT2D eigenvalue weighted by molar-refractivity contribution is 5.96. The Kier molecular flexibility index (Phi) is 8.02. The molecule has 3 aromatic rings. The SMILES string of the molecule is COC(=O)c1ccc(C(=O)NCc2nc(-c3ccc(OC(F)F)c(OCC4CC4)c3)oc2[C@H](C)N)cc1. The molecule has 1 saturated carbocycles. The summed E-state index contributed by atoms with van der Waals surface area (Å²) in [4.78, 5) is 28.7. The fourth-order valence-corrected chi connectivity index (χ4v) is 3.55. The Balaban J connectivity index is 1.52. The molecule has 0 bridgehead atoms. The summed E-state index contributed by atoms with van der Waals surface area (Å²) in [7, 11) is 1.28. The van der Waals surface area contributed by atoms with Gasteiger partial charge in [0.15, 0.2) is 11.5 Å². The van der Waals surface area contributed by atoms with Gasteiger partial charge in [-0.3, -0.25) is 4.79 Å². The van der Waals surface area contributed by atoms with Crippen LogP contribution >= 0.6 is 0 Å². The summed E-state index contributed by atoms with van der Waals surface area (Å²) >= 11 is 0. The first-order valence-corrected chi connectivity index (χ1v) is 11.7. The van der Waals surface area contributed by atoms with Crippen LogP contribution in [0, 0.1) is 5.92 Å². The van der Waals surface area contributed by atoms with Crippen molar-refractivity contribution in [3.8, 4) is 23.0 Å². The molecule has 2 aromatic carbocycles. The summed E-state index contributed by atoms with van der Waals surface area (Å²) in [6.45, 7) is -0.856. The van der Waals surface area contributed by atoms with Crippen LogP contribution in [0.25, 0.3) is 11.5 Å². The van der Waals surface area contributed by atoms with Gasteiger partial charge in [0.2, 0.25) is 5.89 Å². The van der Waals surface area contributed by atoms with Gasteiger partial charge in [0.05, 0.1) is 31.9 Å². The van der Waals surface area contributed by atoms with Gasteiger partial charge < -0.3 is 29.7 Å². The third-order valence-electron chi connectivity index (χ3n) is 5.70. The number of nitrogens with two attached hydrogens (primary N) is 1. The number of benzene rings is 2. The molecule has 1 fully saturated rings. The summed E-state index contributed by atoms with van der Waals surface area (Å²) in [5, 5.41) is 2.76. The van der Waals surface area contributed by atoms with Crippen molar-refractivity contribution < 1.29 is 37.0 Å². The van der Waals surface area contributed by atoms with Crippen molar-refractivity contribution in [1.82, 2.24) is 10.3 Å². The van der Waals surface area contributed by atoms with Gasteiger partial charge >= 0.3 is 12.6 Å². The molecular formula is C26H27F2N3O6. The van der Waals surface area contributed by atoms with E-state index >= 15 is 0 Å². The van der Waals surface area contributed by atoms with E-state index in [-0.39, 0.29) is 29.8 Å². The lowest BCUT2D eigenvalue weighted by molar-refractivity contribution is -0.0515. The predicted molar refractivity (Wildman–Crippen MR) is 128 cm³/mol. The molecule has 11 heteroatoms. The molecule has 0 saturated heterocycles. The normalized spacial score (nSPS) is 13.8. The number of nitrogens with zero attached hydrogens (tertiary/aromatic N) is 1. The van der Waals surface area contributed by atoms with Gasteiger partial charge in [-0.05, 0) is 68.1 Å². The van der Waals surface area contributed by atoms with Gasteiger partial charge in [0.25, 0.3) is 5.91 Å². The lowest BCUT2D eigenvalue weighted by atomic mass is 10.1. The van der Waals surface area contributed by atoms with Crippen LogP contribution in [-0.2, 0) is 11.3 Å². The molecule has 1 atom stereocenters. The third-order valence-corrected chi connectivity index (χ3v) is 5.70. The number of hydrogen-bond acceptors (Lipinski definition) is 8. The number of alkyl halides is 2. The van der Waals surface area contributed by atoms with E-state index in [1.807, 2.05) is 0 Å². The van der Waals surface area contributed by atoms with Crippen LogP contribution in [0.3, 0.4) is 0 Å². The average Bonchev–Trinajstić information content (AvgIpc) is 3.62. The standard InChI is InChI=1S/C26H27F2N3O6/c1-14(29)22-19(12-30-23(32)16-5-7-17(8-6-16)25(33)34-2)31-24(37-22)18-9-10-20(36-26(27)28)21(11-18)35-13-15-3-4-15/h5-11,14-15,26H,3-4,12-13,29H2,1-2H3,(H,30,32)/t14-/m0/s1. The van der Waals surface area contributed by atoms with Crippen LogP contribution in [0.2, 0.25) is 0 Å². The highest BCUT2D eigenvalue weighted by Gasteiger charge is 2.24. The molecule has 0 unspecified atom stereocenters. The van der Waals surface area contributed by atoms with Crippen LogP contribution in [0.15, 0.2) is 46.9 Å². The molecule has 196 valence electrons. The van der Waals surface area contributed by atoms with Crippen molar-refractivity contribution in [2.45, 2.75) is 39.0 Å². The number of nitrogens with one attached hydrogen (secondary N) is 1. The second-order valence-corrected chi connectivity index (χ2v) is 8.66. The first-order valence-electron chi connectivity index (χ1n) is 11.7. The van der Waals surface area contributed by atoms with Crippen molar-refractivity contribution in [2.24, 2.45) is 11.7 Å². The molecule has 1 aromatic heterocycles. The monoisotopic (exact) mass is 515 g/mol. The summed E-state index contributed by atoms with van der Waals surface area (Å²) in [6.07, 6.45) is 2.07. The maximum absolute atomic E-state index is 12.8. The van der Waals surface area contributed by atoms with Crippen molar-refractivity contribution >= 4 is 11.9 Å². The van der Waals surface area contributed by atoms with Crippen molar-refractivity contribution in [1.29, 1.82) is 0 Å². The first-order chi connectivity index (χ1) is 17.7. The number of aromatic nitrogens is 1. The quantitative estimate of drug-likeness (QED) is 0.358. The van der Waals surface area contributed by atoms with E-state index in [9.17, 15) is 18.4 Å². The maximum Gasteiger partial charge on any atom is 0.387 e. The number of rotatable bonds is 11. The van der Waals surface area contributed by atoms with Gasteiger partial charge in [0, 0.05) is 11.1 Å². The number of methoxy groups -OCH3 is 1. The number of oxazole rings is 1. The van der Waals surface area contributed by atoms with E-state index in [2.05, 4.69) is 19.8 Å². The van der Waals surface area contributed by atoms with Gasteiger partial charge in [-0.1, -0.05) is 0 Å². The van der Waals surface area contributed by atoms with Crippen molar-refractivity contribution in [2.75, 3.05) is 13.7 Å². The van der Waals surface area contributed by atoms with E-state index in [1.165, 1.54) is 49.6 Å². The van der Waals surface area contributed by atoms with Gasteiger partial charge in [0.1, 0.15) is 11.5 Å². The molecule has 1 amide bonds. The summed E-state index contributed by atoms with van der Waals surface area (Å²) in [6, 6.07) is 9.91. The van der Waals surface area contributed by atoms with Crippen LogP contribution < -0.4 is 20.5 Å². The molecule has 4 rings (SSSR count). The number of carbonyl (C=O) groups is 2. The Morgan fingerprint density at radius 3 is 2.46 bits per heavy atom. The second kappa shape index (κ2) is 11.4. The summed E-state index contributed by atoms with van der Waals surface area (Å²) in [5.41, 5.74) is 7.61. The van der Waals surface area contributed by atoms with Crippen LogP contribution in [-0.4, -0.2) is 37.2 Å². The molecule has 1 aliphatic rings. The first kappa shape index (κ1) is 26.1. The number of ether oxygens (including phenoxy) is 3. The van der Waals surface area contributed by atoms with Gasteiger partial charge in [-0.2, -0.15) is 8.78 Å². The van der Waals surface area contributed by atoms with E-state index in [0.29, 0.717) is 40.7 Å². The zero-order chi connectivity index (χ0) is 26.5. The minimum absolute atomic E-state index is 0.0234. The molecule has 0 spiro atoms. The maximum atomic E-state index is 12.8. The van der Waals surface area contributed by atoms with Gasteiger partial charge in [-0.25, -0.2) is 9.78 Å². The topological polar surface area (TPSA) is 126 Å². The van der Waals surface area contributed by atoms with Crippen molar-refractivity contribution in [3.05, 3.63) is 65.0 Å². The van der Waals surface area contributed by atoms with E-state index in [0.717, 1.165) is 12.8 Å². The fourth-order valence-electron chi connectivity index (χ4n) is 3.55. The lowest BCUT2D eigenvalue weighted by Gasteiger charge is -2.12. The highest BCUT2D eigenvalue weighted by atomic mass is 19.3. The second-order valence-electron chi connectivity index (χ2n) is 8.66. The van der Waals surface area contributed by atoms with E-state index in [1.54, 1.807) is 6.92 Å². The Morgan fingerprint density at radius 2 is 1.84 bits per heavy atom. The summed E-state index contributed by atoms with van der Waals surface area (Å²) in [5.74, 6) is 0.156. The Morgan fingerprint density at radius 1 is 1.14 bits per heavy atom. The molecule has 0 aliphatic heterocycles. The minimum Gasteiger partial charge on any atom is -0.489 e. The largest absolute Gasteiger partial charge is 0.489 e. The molecule has 9 nitrogen and oxygen atoms in total. The van der Waals surface area contributed by atoms with E-state index in [4.69, 9.17) is 14.9 Å².